The fourth-order valence-electron chi connectivity index (χ4n) is 4.07. The highest BCUT2D eigenvalue weighted by molar-refractivity contribution is 6.04. The Morgan fingerprint density at radius 1 is 1.15 bits per heavy atom. The number of methoxy groups -OCH3 is 2. The third kappa shape index (κ3) is 4.20. The quantitative estimate of drug-likeness (QED) is 0.457. The summed E-state index contributed by atoms with van der Waals surface area (Å²) in [5.74, 6) is 1.53. The number of aromatic nitrogens is 3. The van der Waals surface area contributed by atoms with Crippen LogP contribution in [-0.2, 0) is 11.3 Å². The van der Waals surface area contributed by atoms with Crippen LogP contribution >= 0.6 is 0 Å². The number of rotatable bonds is 6. The minimum Gasteiger partial charge on any atom is -0.497 e. The number of aromatic amines is 1. The first-order valence-corrected chi connectivity index (χ1v) is 10.7. The molecule has 0 unspecified atom stereocenters. The number of benzene rings is 2. The zero-order chi connectivity index (χ0) is 22.8. The molecule has 0 bridgehead atoms. The molecule has 5 rings (SSSR count). The predicted octanol–water partition coefficient (Wildman–Crippen LogP) is 2.61. The molecular formula is C24H25N5O4. The molecule has 0 spiro atoms. The van der Waals surface area contributed by atoms with E-state index in [9.17, 15) is 4.79 Å². The van der Waals surface area contributed by atoms with Gasteiger partial charge in [-0.15, -0.1) is 0 Å². The summed E-state index contributed by atoms with van der Waals surface area (Å²) < 4.78 is 17.5. The minimum atomic E-state index is -0.270. The summed E-state index contributed by atoms with van der Waals surface area (Å²) in [5, 5.41) is 5.23. The second-order valence-electron chi connectivity index (χ2n) is 7.86. The van der Waals surface area contributed by atoms with Crippen LogP contribution in [0.4, 0.5) is 0 Å². The van der Waals surface area contributed by atoms with Gasteiger partial charge >= 0.3 is 0 Å². The topological polar surface area (TPSA) is 94.0 Å². The molecule has 3 heterocycles. The molecule has 4 aromatic rings. The van der Waals surface area contributed by atoms with Crippen LogP contribution < -0.4 is 15.0 Å². The van der Waals surface area contributed by atoms with Crippen LogP contribution in [0.1, 0.15) is 11.1 Å². The van der Waals surface area contributed by atoms with Gasteiger partial charge in [0.25, 0.3) is 5.56 Å². The first-order valence-electron chi connectivity index (χ1n) is 10.7. The Hall–Kier alpha value is -3.69. The van der Waals surface area contributed by atoms with E-state index < -0.39 is 0 Å². The fraction of sp³-hybridized carbons (Fsp3) is 0.292. The standard InChI is InChI=1S/C24H25N5O4/c1-31-18-4-5-19-20(12-18)27-23-22(19)25-15-29(24(23)30)26-13-16-3-6-21(32-2)17(11-16)14-28-7-9-33-10-8-28/h3-6,11-13,15,27H,7-10,14H2,1-2H3. The summed E-state index contributed by atoms with van der Waals surface area (Å²) in [4.78, 5) is 22.9. The van der Waals surface area contributed by atoms with Crippen molar-refractivity contribution in [2.24, 2.45) is 5.10 Å². The molecule has 0 aliphatic carbocycles. The van der Waals surface area contributed by atoms with Crippen LogP contribution in [0.2, 0.25) is 0 Å². The van der Waals surface area contributed by atoms with Crippen LogP contribution in [-0.4, -0.2) is 66.3 Å². The predicted molar refractivity (Wildman–Crippen MR) is 126 cm³/mol. The molecule has 0 amide bonds. The van der Waals surface area contributed by atoms with Gasteiger partial charge in [0, 0.05) is 36.7 Å². The number of nitrogens with zero attached hydrogens (tertiary/aromatic N) is 4. The van der Waals surface area contributed by atoms with Gasteiger partial charge in [0.1, 0.15) is 28.9 Å². The average Bonchev–Trinajstić information content (AvgIpc) is 3.23. The van der Waals surface area contributed by atoms with Gasteiger partial charge in [-0.2, -0.15) is 9.78 Å². The zero-order valence-electron chi connectivity index (χ0n) is 18.6. The minimum absolute atomic E-state index is 0.270. The summed E-state index contributed by atoms with van der Waals surface area (Å²) >= 11 is 0. The smallest absolute Gasteiger partial charge is 0.298 e. The largest absolute Gasteiger partial charge is 0.497 e. The Labute approximate surface area is 190 Å². The maximum absolute atomic E-state index is 13.0. The van der Waals surface area contributed by atoms with Gasteiger partial charge in [-0.05, 0) is 35.9 Å². The molecular weight excluding hydrogens is 422 g/mol. The molecule has 0 radical (unpaired) electrons. The monoisotopic (exact) mass is 447 g/mol. The van der Waals surface area contributed by atoms with E-state index in [0.29, 0.717) is 16.8 Å². The second kappa shape index (κ2) is 9.05. The Balaban J connectivity index is 1.45. The van der Waals surface area contributed by atoms with Gasteiger partial charge in [0.2, 0.25) is 0 Å². The highest BCUT2D eigenvalue weighted by Gasteiger charge is 2.14. The lowest BCUT2D eigenvalue weighted by Gasteiger charge is -2.27. The van der Waals surface area contributed by atoms with Crippen molar-refractivity contribution in [1.82, 2.24) is 19.5 Å². The van der Waals surface area contributed by atoms with Crippen molar-refractivity contribution in [3.63, 3.8) is 0 Å². The third-order valence-electron chi connectivity index (χ3n) is 5.83. The van der Waals surface area contributed by atoms with Gasteiger partial charge in [0.05, 0.1) is 39.2 Å². The number of morpholine rings is 1. The number of fused-ring (bicyclic) bond motifs is 3. The summed E-state index contributed by atoms with van der Waals surface area (Å²) in [6.07, 6.45) is 3.10. The van der Waals surface area contributed by atoms with Crippen molar-refractivity contribution < 1.29 is 14.2 Å². The third-order valence-corrected chi connectivity index (χ3v) is 5.83. The van der Waals surface area contributed by atoms with E-state index in [1.165, 1.54) is 11.0 Å². The van der Waals surface area contributed by atoms with E-state index in [-0.39, 0.29) is 5.56 Å². The number of ether oxygens (including phenoxy) is 3. The summed E-state index contributed by atoms with van der Waals surface area (Å²) in [6.45, 7) is 4.02. The van der Waals surface area contributed by atoms with Crippen LogP contribution in [0.3, 0.4) is 0 Å². The Kier molecular flexibility index (Phi) is 5.80. The van der Waals surface area contributed by atoms with E-state index in [1.807, 2.05) is 36.4 Å². The van der Waals surface area contributed by atoms with Gasteiger partial charge in [-0.1, -0.05) is 0 Å². The molecule has 170 valence electrons. The molecule has 0 atom stereocenters. The molecule has 1 saturated heterocycles. The first-order chi connectivity index (χ1) is 16.2. The van der Waals surface area contributed by atoms with Crippen molar-refractivity contribution in [3.8, 4) is 11.5 Å². The van der Waals surface area contributed by atoms with Crippen molar-refractivity contribution in [2.75, 3.05) is 40.5 Å². The lowest BCUT2D eigenvalue weighted by Crippen LogP contribution is -2.35. The fourth-order valence-corrected chi connectivity index (χ4v) is 4.07. The normalized spacial score (nSPS) is 15.0. The van der Waals surface area contributed by atoms with Crippen molar-refractivity contribution in [2.45, 2.75) is 6.54 Å². The number of hydrogen-bond donors (Lipinski definition) is 1. The Morgan fingerprint density at radius 3 is 2.79 bits per heavy atom. The molecule has 33 heavy (non-hydrogen) atoms. The van der Waals surface area contributed by atoms with Gasteiger partial charge < -0.3 is 19.2 Å². The molecule has 2 aromatic heterocycles. The van der Waals surface area contributed by atoms with Crippen molar-refractivity contribution in [3.05, 3.63) is 64.2 Å². The molecule has 9 nitrogen and oxygen atoms in total. The maximum atomic E-state index is 13.0. The maximum Gasteiger partial charge on any atom is 0.298 e. The van der Waals surface area contributed by atoms with E-state index in [0.717, 1.165) is 60.6 Å². The van der Waals surface area contributed by atoms with Crippen molar-refractivity contribution in [1.29, 1.82) is 0 Å². The van der Waals surface area contributed by atoms with Gasteiger partial charge in [-0.25, -0.2) is 4.98 Å². The van der Waals surface area contributed by atoms with Crippen LogP contribution in [0.5, 0.6) is 11.5 Å². The van der Waals surface area contributed by atoms with Gasteiger partial charge in [0.15, 0.2) is 0 Å². The summed E-state index contributed by atoms with van der Waals surface area (Å²) in [5.41, 5.74) is 3.47. The summed E-state index contributed by atoms with van der Waals surface area (Å²) in [6, 6.07) is 11.4. The molecule has 1 aliphatic rings. The SMILES string of the molecule is COc1ccc2c(c1)[nH]c1c(=O)n(N=Cc3ccc(OC)c(CN4CCOCC4)c3)cnc12. The molecule has 1 aliphatic heterocycles. The number of hydrogen-bond acceptors (Lipinski definition) is 7. The highest BCUT2D eigenvalue weighted by atomic mass is 16.5. The number of nitrogens with one attached hydrogen (secondary N) is 1. The molecule has 9 heteroatoms. The van der Waals surface area contributed by atoms with E-state index in [1.54, 1.807) is 20.4 Å². The molecule has 2 aromatic carbocycles. The molecule has 0 saturated carbocycles. The van der Waals surface area contributed by atoms with E-state index >= 15 is 0 Å². The number of H-pyrrole nitrogens is 1. The molecule has 1 N–H and O–H groups in total. The van der Waals surface area contributed by atoms with Crippen LogP contribution in [0.25, 0.3) is 21.9 Å². The summed E-state index contributed by atoms with van der Waals surface area (Å²) in [7, 11) is 3.28. The van der Waals surface area contributed by atoms with Gasteiger partial charge in [-0.3, -0.25) is 9.69 Å². The lowest BCUT2D eigenvalue weighted by atomic mass is 10.1. The highest BCUT2D eigenvalue weighted by Crippen LogP contribution is 2.25. The molecule has 1 fully saturated rings. The first kappa shape index (κ1) is 21.2. The van der Waals surface area contributed by atoms with Crippen LogP contribution in [0.15, 0.2) is 52.6 Å². The van der Waals surface area contributed by atoms with Crippen molar-refractivity contribution >= 4 is 28.2 Å². The van der Waals surface area contributed by atoms with E-state index in [4.69, 9.17) is 14.2 Å². The second-order valence-corrected chi connectivity index (χ2v) is 7.86. The Bertz CT molecular complexity index is 1390. The lowest BCUT2D eigenvalue weighted by molar-refractivity contribution is 0.0339. The average molecular weight is 447 g/mol. The zero-order valence-corrected chi connectivity index (χ0v) is 18.6. The Morgan fingerprint density at radius 2 is 2.00 bits per heavy atom. The van der Waals surface area contributed by atoms with E-state index in [2.05, 4.69) is 20.0 Å². The van der Waals surface area contributed by atoms with Crippen LogP contribution in [0, 0.1) is 0 Å².